The predicted octanol–water partition coefficient (Wildman–Crippen LogP) is 4.92. The van der Waals surface area contributed by atoms with Crippen molar-refractivity contribution >= 4 is 27.5 Å². The van der Waals surface area contributed by atoms with Crippen LogP contribution in [-0.4, -0.2) is 50.9 Å². The zero-order valence-electron chi connectivity index (χ0n) is 23.7. The second kappa shape index (κ2) is 14.5. The van der Waals surface area contributed by atoms with E-state index in [9.17, 15) is 18.0 Å². The summed E-state index contributed by atoms with van der Waals surface area (Å²) in [4.78, 5) is 28.6. The number of ether oxygens (including phenoxy) is 1. The van der Waals surface area contributed by atoms with E-state index in [0.717, 1.165) is 21.9 Å². The molecule has 0 bridgehead atoms. The number of rotatable bonds is 14. The van der Waals surface area contributed by atoms with Gasteiger partial charge in [0.15, 0.2) is 0 Å². The fourth-order valence-corrected chi connectivity index (χ4v) is 5.72. The highest BCUT2D eigenvalue weighted by atomic mass is 32.2. The molecule has 1 atom stereocenters. The van der Waals surface area contributed by atoms with Crippen LogP contribution in [0, 0.1) is 6.92 Å². The van der Waals surface area contributed by atoms with E-state index in [1.807, 2.05) is 58.0 Å². The van der Waals surface area contributed by atoms with Crippen molar-refractivity contribution in [2.45, 2.75) is 58.0 Å². The third-order valence-electron chi connectivity index (χ3n) is 6.45. The van der Waals surface area contributed by atoms with Crippen LogP contribution in [0.2, 0.25) is 0 Å². The summed E-state index contributed by atoms with van der Waals surface area (Å²) in [5.74, 6) is -0.181. The quantitative estimate of drug-likeness (QED) is 0.299. The van der Waals surface area contributed by atoms with Crippen molar-refractivity contribution in [1.29, 1.82) is 0 Å². The molecule has 0 unspecified atom stereocenters. The van der Waals surface area contributed by atoms with Gasteiger partial charge in [0.25, 0.3) is 10.0 Å². The molecular weight excluding hydrogens is 526 g/mol. The minimum atomic E-state index is -4.14. The normalized spacial score (nSPS) is 11.9. The maximum atomic E-state index is 14.0. The van der Waals surface area contributed by atoms with Crippen LogP contribution in [0.25, 0.3) is 0 Å². The monoisotopic (exact) mass is 565 g/mol. The first-order chi connectivity index (χ1) is 19.2. The maximum Gasteiger partial charge on any atom is 0.264 e. The number of anilines is 1. The van der Waals surface area contributed by atoms with E-state index in [1.54, 1.807) is 36.4 Å². The fourth-order valence-electron chi connectivity index (χ4n) is 4.31. The van der Waals surface area contributed by atoms with Crippen LogP contribution in [0.1, 0.15) is 44.7 Å². The Labute approximate surface area is 238 Å². The lowest BCUT2D eigenvalue weighted by Gasteiger charge is -2.33. The first-order valence-electron chi connectivity index (χ1n) is 13.6. The van der Waals surface area contributed by atoms with E-state index in [4.69, 9.17) is 4.74 Å². The Kier molecular flexibility index (Phi) is 11.1. The number of carbonyl (C=O) groups is 2. The standard InChI is InChI=1S/C31H39N3O5S/c1-5-21-32-31(36)29(6-2)33(22-25-11-9-8-10-12-25)30(35)23-34(26-15-13-24(4)14-16-26)40(37,38)28-19-17-27(18-20-28)39-7-3/h8-20,29H,5-7,21-23H2,1-4H3,(H,32,36)/t29-/m1/s1. The highest BCUT2D eigenvalue weighted by Crippen LogP contribution is 2.26. The molecule has 0 aliphatic carbocycles. The summed E-state index contributed by atoms with van der Waals surface area (Å²) >= 11 is 0. The van der Waals surface area contributed by atoms with Gasteiger partial charge in [-0.15, -0.1) is 0 Å². The van der Waals surface area contributed by atoms with Crippen LogP contribution in [0.15, 0.2) is 83.8 Å². The zero-order valence-corrected chi connectivity index (χ0v) is 24.5. The number of benzene rings is 3. The summed E-state index contributed by atoms with van der Waals surface area (Å²) in [6.07, 6.45) is 1.14. The predicted molar refractivity (Wildman–Crippen MR) is 158 cm³/mol. The van der Waals surface area contributed by atoms with Crippen LogP contribution in [0.5, 0.6) is 5.75 Å². The van der Waals surface area contributed by atoms with E-state index in [-0.39, 0.29) is 17.3 Å². The minimum absolute atomic E-state index is 0.0340. The van der Waals surface area contributed by atoms with Crippen molar-refractivity contribution in [3.8, 4) is 5.75 Å². The van der Waals surface area contributed by atoms with Crippen molar-refractivity contribution in [1.82, 2.24) is 10.2 Å². The fraction of sp³-hybridized carbons (Fsp3) is 0.355. The largest absolute Gasteiger partial charge is 0.494 e. The molecule has 2 amide bonds. The summed E-state index contributed by atoms with van der Waals surface area (Å²) in [6, 6.07) is 21.7. The van der Waals surface area contributed by atoms with Gasteiger partial charge in [-0.2, -0.15) is 0 Å². The lowest BCUT2D eigenvalue weighted by atomic mass is 10.1. The smallest absolute Gasteiger partial charge is 0.264 e. The lowest BCUT2D eigenvalue weighted by Crippen LogP contribution is -2.52. The van der Waals surface area contributed by atoms with Gasteiger partial charge in [-0.05, 0) is 68.7 Å². The Morgan fingerprint density at radius 2 is 1.55 bits per heavy atom. The summed E-state index contributed by atoms with van der Waals surface area (Å²) < 4.78 is 34.5. The molecule has 9 heteroatoms. The van der Waals surface area contributed by atoms with Crippen LogP contribution in [-0.2, 0) is 26.2 Å². The van der Waals surface area contributed by atoms with Gasteiger partial charge in [-0.1, -0.05) is 61.9 Å². The van der Waals surface area contributed by atoms with E-state index in [0.29, 0.717) is 31.0 Å². The number of sulfonamides is 1. The number of nitrogens with one attached hydrogen (secondary N) is 1. The van der Waals surface area contributed by atoms with Crippen LogP contribution < -0.4 is 14.4 Å². The summed E-state index contributed by atoms with van der Waals surface area (Å²) in [7, 11) is -4.14. The van der Waals surface area contributed by atoms with Crippen molar-refractivity contribution in [2.75, 3.05) is 24.0 Å². The Bertz CT molecular complexity index is 1340. The highest BCUT2D eigenvalue weighted by molar-refractivity contribution is 7.92. The molecule has 0 fully saturated rings. The highest BCUT2D eigenvalue weighted by Gasteiger charge is 2.33. The molecule has 8 nitrogen and oxygen atoms in total. The Hall–Kier alpha value is -3.85. The van der Waals surface area contributed by atoms with Crippen molar-refractivity contribution in [2.24, 2.45) is 0 Å². The second-order valence-electron chi connectivity index (χ2n) is 9.47. The number of nitrogens with zero attached hydrogens (tertiary/aromatic N) is 2. The molecule has 3 aromatic rings. The average molecular weight is 566 g/mol. The minimum Gasteiger partial charge on any atom is -0.494 e. The molecule has 3 aromatic carbocycles. The van der Waals surface area contributed by atoms with Gasteiger partial charge < -0.3 is 15.0 Å². The van der Waals surface area contributed by atoms with E-state index >= 15 is 0 Å². The summed E-state index contributed by atoms with van der Waals surface area (Å²) in [5.41, 5.74) is 2.16. The van der Waals surface area contributed by atoms with Gasteiger partial charge in [-0.3, -0.25) is 13.9 Å². The van der Waals surface area contributed by atoms with Gasteiger partial charge in [-0.25, -0.2) is 8.42 Å². The number of hydrogen-bond donors (Lipinski definition) is 1. The zero-order chi connectivity index (χ0) is 29.1. The molecule has 40 heavy (non-hydrogen) atoms. The van der Waals surface area contributed by atoms with Gasteiger partial charge in [0.1, 0.15) is 18.3 Å². The van der Waals surface area contributed by atoms with Gasteiger partial charge in [0.05, 0.1) is 17.2 Å². The number of hydrogen-bond acceptors (Lipinski definition) is 5. The first kappa shape index (κ1) is 30.7. The molecule has 3 rings (SSSR count). The Balaban J connectivity index is 2.02. The molecule has 0 saturated carbocycles. The number of aryl methyl sites for hydroxylation is 1. The molecule has 0 heterocycles. The maximum absolute atomic E-state index is 14.0. The Morgan fingerprint density at radius 3 is 2.12 bits per heavy atom. The van der Waals surface area contributed by atoms with Gasteiger partial charge in [0, 0.05) is 13.1 Å². The summed E-state index contributed by atoms with van der Waals surface area (Å²) in [5, 5.41) is 2.89. The number of carbonyl (C=O) groups excluding carboxylic acids is 2. The van der Waals surface area contributed by atoms with Crippen LogP contribution in [0.3, 0.4) is 0 Å². The van der Waals surface area contributed by atoms with E-state index in [2.05, 4.69) is 5.32 Å². The molecule has 0 spiro atoms. The van der Waals surface area contributed by atoms with Crippen molar-refractivity contribution in [3.63, 3.8) is 0 Å². The molecule has 0 aliphatic rings. The molecule has 214 valence electrons. The number of amides is 2. The molecule has 0 radical (unpaired) electrons. The summed E-state index contributed by atoms with van der Waals surface area (Å²) in [6.45, 7) is 8.20. The van der Waals surface area contributed by atoms with Gasteiger partial charge >= 0.3 is 0 Å². The molecule has 0 aromatic heterocycles. The van der Waals surface area contributed by atoms with E-state index in [1.165, 1.54) is 17.0 Å². The van der Waals surface area contributed by atoms with Crippen LogP contribution >= 0.6 is 0 Å². The third kappa shape index (κ3) is 7.85. The SMILES string of the molecule is CCCNC(=O)[C@@H](CC)N(Cc1ccccc1)C(=O)CN(c1ccc(C)cc1)S(=O)(=O)c1ccc(OCC)cc1. The Morgan fingerprint density at radius 1 is 0.900 bits per heavy atom. The topological polar surface area (TPSA) is 96.0 Å². The second-order valence-corrected chi connectivity index (χ2v) is 11.3. The molecule has 0 saturated heterocycles. The van der Waals surface area contributed by atoms with Crippen molar-refractivity contribution in [3.05, 3.63) is 90.0 Å². The van der Waals surface area contributed by atoms with Crippen LogP contribution in [0.4, 0.5) is 5.69 Å². The average Bonchev–Trinajstić information content (AvgIpc) is 2.96. The first-order valence-corrected chi connectivity index (χ1v) is 15.1. The third-order valence-corrected chi connectivity index (χ3v) is 8.24. The van der Waals surface area contributed by atoms with Gasteiger partial charge in [0.2, 0.25) is 11.8 Å². The lowest BCUT2D eigenvalue weighted by molar-refractivity contribution is -0.140. The molecular formula is C31H39N3O5S. The van der Waals surface area contributed by atoms with Crippen molar-refractivity contribution < 1.29 is 22.7 Å². The molecule has 0 aliphatic heterocycles. The molecule has 1 N–H and O–H groups in total. The van der Waals surface area contributed by atoms with E-state index < -0.39 is 28.5 Å².